The van der Waals surface area contributed by atoms with E-state index in [2.05, 4.69) is 10.6 Å². The van der Waals surface area contributed by atoms with E-state index in [1.165, 1.54) is 0 Å². The van der Waals surface area contributed by atoms with Crippen LogP contribution in [0.5, 0.6) is 5.75 Å². The second-order valence-electron chi connectivity index (χ2n) is 4.38. The van der Waals surface area contributed by atoms with Crippen molar-refractivity contribution < 1.29 is 9.53 Å². The Morgan fingerprint density at radius 2 is 2.35 bits per heavy atom. The van der Waals surface area contributed by atoms with Crippen molar-refractivity contribution in [3.63, 3.8) is 0 Å². The Labute approximate surface area is 101 Å². The van der Waals surface area contributed by atoms with E-state index in [1.54, 1.807) is 7.11 Å². The number of anilines is 1. The number of rotatable bonds is 3. The highest BCUT2D eigenvalue weighted by atomic mass is 16.5. The summed E-state index contributed by atoms with van der Waals surface area (Å²) in [5.74, 6) is 0.850. The fourth-order valence-corrected chi connectivity index (χ4v) is 2.01. The molecule has 92 valence electrons. The van der Waals surface area contributed by atoms with Crippen molar-refractivity contribution in [3.05, 3.63) is 23.8 Å². The molecule has 2 N–H and O–H groups in total. The van der Waals surface area contributed by atoms with E-state index >= 15 is 0 Å². The Bertz CT molecular complexity index is 412. The van der Waals surface area contributed by atoms with Crippen LogP contribution in [0.2, 0.25) is 0 Å². The molecule has 1 aliphatic rings. The van der Waals surface area contributed by atoms with Gasteiger partial charge in [0.25, 0.3) is 0 Å². The molecule has 0 bridgehead atoms. The molecular weight excluding hydrogens is 216 g/mol. The molecule has 1 unspecified atom stereocenters. The van der Waals surface area contributed by atoms with E-state index in [9.17, 15) is 4.79 Å². The molecule has 1 fully saturated rings. The van der Waals surface area contributed by atoms with Gasteiger partial charge in [-0.15, -0.1) is 0 Å². The highest BCUT2D eigenvalue weighted by Gasteiger charge is 2.23. The van der Waals surface area contributed by atoms with Crippen molar-refractivity contribution in [2.45, 2.75) is 13.3 Å². The van der Waals surface area contributed by atoms with Crippen LogP contribution < -0.4 is 15.4 Å². The Hall–Kier alpha value is -1.55. The van der Waals surface area contributed by atoms with Gasteiger partial charge in [0, 0.05) is 6.54 Å². The van der Waals surface area contributed by atoms with E-state index < -0.39 is 0 Å². The Balaban J connectivity index is 2.09. The maximum atomic E-state index is 12.0. The minimum Gasteiger partial charge on any atom is -0.495 e. The summed E-state index contributed by atoms with van der Waals surface area (Å²) in [6.45, 7) is 3.68. The van der Waals surface area contributed by atoms with E-state index in [1.807, 2.05) is 25.1 Å². The van der Waals surface area contributed by atoms with Gasteiger partial charge in [0.15, 0.2) is 0 Å². The van der Waals surface area contributed by atoms with Crippen LogP contribution in [0.25, 0.3) is 0 Å². The quantitative estimate of drug-likeness (QED) is 0.834. The number of aryl methyl sites for hydroxylation is 1. The molecule has 1 amide bonds. The maximum absolute atomic E-state index is 12.0. The second-order valence-corrected chi connectivity index (χ2v) is 4.38. The predicted octanol–water partition coefficient (Wildman–Crippen LogP) is 1.55. The molecular formula is C13H18N2O2. The zero-order valence-corrected chi connectivity index (χ0v) is 10.2. The molecule has 0 radical (unpaired) electrons. The number of methoxy groups -OCH3 is 1. The third-order valence-corrected chi connectivity index (χ3v) is 3.05. The third kappa shape index (κ3) is 2.77. The first-order valence-corrected chi connectivity index (χ1v) is 5.87. The number of hydrogen-bond donors (Lipinski definition) is 2. The number of hydrogen-bond acceptors (Lipinski definition) is 3. The van der Waals surface area contributed by atoms with Crippen LogP contribution in [-0.2, 0) is 4.79 Å². The Morgan fingerprint density at radius 3 is 3.00 bits per heavy atom. The van der Waals surface area contributed by atoms with Gasteiger partial charge in [-0.05, 0) is 37.6 Å². The van der Waals surface area contributed by atoms with Crippen molar-refractivity contribution >= 4 is 11.6 Å². The summed E-state index contributed by atoms with van der Waals surface area (Å²) in [5, 5.41) is 6.11. The maximum Gasteiger partial charge on any atom is 0.228 e. The number of nitrogens with one attached hydrogen (secondary N) is 2. The molecule has 0 aromatic heterocycles. The van der Waals surface area contributed by atoms with Crippen LogP contribution in [0.15, 0.2) is 18.2 Å². The monoisotopic (exact) mass is 234 g/mol. The van der Waals surface area contributed by atoms with Crippen LogP contribution in [0.3, 0.4) is 0 Å². The number of ether oxygens (including phenoxy) is 1. The molecule has 17 heavy (non-hydrogen) atoms. The highest BCUT2D eigenvalue weighted by molar-refractivity contribution is 5.94. The van der Waals surface area contributed by atoms with Gasteiger partial charge in [0.05, 0.1) is 18.7 Å². The van der Waals surface area contributed by atoms with Gasteiger partial charge >= 0.3 is 0 Å². The summed E-state index contributed by atoms with van der Waals surface area (Å²) in [7, 11) is 1.61. The van der Waals surface area contributed by atoms with Gasteiger partial charge in [-0.3, -0.25) is 4.79 Å². The number of carbonyl (C=O) groups excluding carboxylic acids is 1. The summed E-state index contributed by atoms with van der Waals surface area (Å²) < 4.78 is 5.26. The fraction of sp³-hybridized carbons (Fsp3) is 0.462. The lowest BCUT2D eigenvalue weighted by atomic mass is 10.1. The SMILES string of the molecule is COc1cc(C)ccc1NC(=O)C1CCNC1. The average Bonchev–Trinajstić information content (AvgIpc) is 2.85. The largest absolute Gasteiger partial charge is 0.495 e. The standard InChI is InChI=1S/C13H18N2O2/c1-9-3-4-11(12(7-9)17-2)15-13(16)10-5-6-14-8-10/h3-4,7,10,14H,5-6,8H2,1-2H3,(H,15,16). The normalized spacial score (nSPS) is 19.1. The highest BCUT2D eigenvalue weighted by Crippen LogP contribution is 2.26. The van der Waals surface area contributed by atoms with Gasteiger partial charge in [0.1, 0.15) is 5.75 Å². The first-order chi connectivity index (χ1) is 8.20. The van der Waals surface area contributed by atoms with E-state index in [0.717, 1.165) is 30.8 Å². The topological polar surface area (TPSA) is 50.4 Å². The fourth-order valence-electron chi connectivity index (χ4n) is 2.01. The van der Waals surface area contributed by atoms with Gasteiger partial charge in [-0.1, -0.05) is 6.07 Å². The molecule has 1 saturated heterocycles. The summed E-state index contributed by atoms with van der Waals surface area (Å²) in [5.41, 5.74) is 1.86. The van der Waals surface area contributed by atoms with Crippen LogP contribution in [0.1, 0.15) is 12.0 Å². The lowest BCUT2D eigenvalue weighted by Gasteiger charge is -2.13. The average molecular weight is 234 g/mol. The molecule has 1 atom stereocenters. The molecule has 4 nitrogen and oxygen atoms in total. The molecule has 0 aliphatic carbocycles. The summed E-state index contributed by atoms with van der Waals surface area (Å²) in [6.07, 6.45) is 0.903. The summed E-state index contributed by atoms with van der Waals surface area (Å²) in [6, 6.07) is 5.77. The van der Waals surface area contributed by atoms with Crippen molar-refractivity contribution in [1.82, 2.24) is 5.32 Å². The smallest absolute Gasteiger partial charge is 0.228 e. The minimum absolute atomic E-state index is 0.0668. The number of carbonyl (C=O) groups is 1. The zero-order chi connectivity index (χ0) is 12.3. The van der Waals surface area contributed by atoms with Crippen molar-refractivity contribution in [2.75, 3.05) is 25.5 Å². The minimum atomic E-state index is 0.0668. The van der Waals surface area contributed by atoms with Crippen molar-refractivity contribution in [3.8, 4) is 5.75 Å². The van der Waals surface area contributed by atoms with Gasteiger partial charge in [-0.25, -0.2) is 0 Å². The summed E-state index contributed by atoms with van der Waals surface area (Å²) in [4.78, 5) is 12.0. The molecule has 0 spiro atoms. The van der Waals surface area contributed by atoms with Crippen LogP contribution >= 0.6 is 0 Å². The van der Waals surface area contributed by atoms with Crippen LogP contribution in [-0.4, -0.2) is 26.1 Å². The third-order valence-electron chi connectivity index (χ3n) is 3.05. The molecule has 2 rings (SSSR count). The lowest BCUT2D eigenvalue weighted by molar-refractivity contribution is -0.119. The van der Waals surface area contributed by atoms with E-state index in [0.29, 0.717) is 5.75 Å². The van der Waals surface area contributed by atoms with Crippen molar-refractivity contribution in [2.24, 2.45) is 5.92 Å². The second kappa shape index (κ2) is 5.19. The molecule has 0 saturated carbocycles. The van der Waals surface area contributed by atoms with Crippen molar-refractivity contribution in [1.29, 1.82) is 0 Å². The van der Waals surface area contributed by atoms with Crippen LogP contribution in [0, 0.1) is 12.8 Å². The molecule has 1 heterocycles. The molecule has 1 aliphatic heterocycles. The molecule has 1 aromatic rings. The van der Waals surface area contributed by atoms with Crippen LogP contribution in [0.4, 0.5) is 5.69 Å². The van der Waals surface area contributed by atoms with Gasteiger partial charge < -0.3 is 15.4 Å². The number of amides is 1. The van der Waals surface area contributed by atoms with Gasteiger partial charge in [-0.2, -0.15) is 0 Å². The zero-order valence-electron chi connectivity index (χ0n) is 10.2. The lowest BCUT2D eigenvalue weighted by Crippen LogP contribution is -2.24. The molecule has 1 aromatic carbocycles. The van der Waals surface area contributed by atoms with Gasteiger partial charge in [0.2, 0.25) is 5.91 Å². The van der Waals surface area contributed by atoms with E-state index in [-0.39, 0.29) is 11.8 Å². The predicted molar refractivity (Wildman–Crippen MR) is 67.3 cm³/mol. The summed E-state index contributed by atoms with van der Waals surface area (Å²) >= 11 is 0. The first kappa shape index (κ1) is 11.9. The Morgan fingerprint density at radius 1 is 1.53 bits per heavy atom. The molecule has 4 heteroatoms. The Kier molecular flexibility index (Phi) is 3.64. The van der Waals surface area contributed by atoms with E-state index in [4.69, 9.17) is 4.74 Å². The first-order valence-electron chi connectivity index (χ1n) is 5.87. The number of benzene rings is 1.